The summed E-state index contributed by atoms with van der Waals surface area (Å²) in [7, 11) is 3.43. The predicted molar refractivity (Wildman–Crippen MR) is 100 cm³/mol. The molecule has 1 saturated heterocycles. The Balaban J connectivity index is 1.57. The van der Waals surface area contributed by atoms with E-state index in [1.165, 1.54) is 0 Å². The average molecular weight is 384 g/mol. The molecular weight excluding hydrogens is 360 g/mol. The number of nitrogens with one attached hydrogen (secondary N) is 1. The number of morpholine rings is 1. The van der Waals surface area contributed by atoms with E-state index in [9.17, 15) is 9.59 Å². The first-order valence-corrected chi connectivity index (χ1v) is 9.39. The van der Waals surface area contributed by atoms with Crippen LogP contribution in [0.5, 0.6) is 5.75 Å². The van der Waals surface area contributed by atoms with E-state index in [1.54, 1.807) is 18.0 Å². The Morgan fingerprint density at radius 3 is 2.68 bits per heavy atom. The fraction of sp³-hybridized carbons (Fsp3) is 0.450. The second-order valence-electron chi connectivity index (χ2n) is 7.22. The van der Waals surface area contributed by atoms with Gasteiger partial charge in [0.25, 0.3) is 5.91 Å². The number of carbonyl (C=O) groups is 2. The fourth-order valence-electron chi connectivity index (χ4n) is 3.62. The standard InChI is InChI=1S/C20H24N4O4/c1-23-11-13(10-22-23)9-21-20(26)19-18(14-3-7-16(27-2)8-4-14)24(15-5-6-15)17(25)12-28-19/h3-4,7-8,10-11,15,18-19H,5-6,9,12H2,1-2H3,(H,21,26)/t18-,19+/m1/s1. The summed E-state index contributed by atoms with van der Waals surface area (Å²) < 4.78 is 12.6. The molecule has 2 heterocycles. The number of carbonyl (C=O) groups excluding carboxylic acids is 2. The molecule has 0 radical (unpaired) electrons. The predicted octanol–water partition coefficient (Wildman–Crippen LogP) is 1.18. The number of nitrogens with zero attached hydrogens (tertiary/aromatic N) is 3. The Morgan fingerprint density at radius 2 is 2.07 bits per heavy atom. The number of amides is 2. The lowest BCUT2D eigenvalue weighted by molar-refractivity contribution is -0.165. The molecule has 1 N–H and O–H groups in total. The van der Waals surface area contributed by atoms with Crippen molar-refractivity contribution in [1.82, 2.24) is 20.0 Å². The molecule has 8 nitrogen and oxygen atoms in total. The largest absolute Gasteiger partial charge is 0.497 e. The Bertz CT molecular complexity index is 859. The van der Waals surface area contributed by atoms with Gasteiger partial charge in [0.15, 0.2) is 6.10 Å². The zero-order valence-corrected chi connectivity index (χ0v) is 16.0. The van der Waals surface area contributed by atoms with Gasteiger partial charge in [0.05, 0.1) is 19.3 Å². The molecule has 2 amide bonds. The van der Waals surface area contributed by atoms with E-state index in [-0.39, 0.29) is 24.5 Å². The number of rotatable bonds is 6. The number of hydrogen-bond acceptors (Lipinski definition) is 5. The number of methoxy groups -OCH3 is 1. The van der Waals surface area contributed by atoms with Gasteiger partial charge < -0.3 is 19.7 Å². The molecular formula is C20H24N4O4. The maximum atomic E-state index is 13.0. The average Bonchev–Trinajstić information content (AvgIpc) is 3.46. The number of aryl methyl sites for hydroxylation is 1. The molecule has 0 bridgehead atoms. The Hall–Kier alpha value is -2.87. The molecule has 2 aliphatic rings. The molecule has 1 aliphatic carbocycles. The van der Waals surface area contributed by atoms with Gasteiger partial charge in [-0.05, 0) is 30.5 Å². The van der Waals surface area contributed by atoms with Gasteiger partial charge in [-0.15, -0.1) is 0 Å². The molecule has 2 aromatic rings. The van der Waals surface area contributed by atoms with Crippen molar-refractivity contribution in [2.45, 2.75) is 37.6 Å². The van der Waals surface area contributed by atoms with Gasteiger partial charge in [-0.1, -0.05) is 12.1 Å². The lowest BCUT2D eigenvalue weighted by Crippen LogP contribution is -2.55. The summed E-state index contributed by atoms with van der Waals surface area (Å²) in [5.74, 6) is 0.421. The van der Waals surface area contributed by atoms with Crippen molar-refractivity contribution < 1.29 is 19.1 Å². The van der Waals surface area contributed by atoms with Crippen LogP contribution in [0.2, 0.25) is 0 Å². The van der Waals surface area contributed by atoms with E-state index in [0.717, 1.165) is 29.7 Å². The van der Waals surface area contributed by atoms with Crippen molar-refractivity contribution in [3.05, 3.63) is 47.8 Å². The minimum atomic E-state index is -0.761. The van der Waals surface area contributed by atoms with Gasteiger partial charge in [0.1, 0.15) is 12.4 Å². The molecule has 1 saturated carbocycles. The third-order valence-corrected chi connectivity index (χ3v) is 5.14. The molecule has 0 spiro atoms. The molecule has 1 aliphatic heterocycles. The number of hydrogen-bond donors (Lipinski definition) is 1. The zero-order chi connectivity index (χ0) is 19.7. The summed E-state index contributed by atoms with van der Waals surface area (Å²) in [5.41, 5.74) is 1.77. The molecule has 1 aromatic carbocycles. The topological polar surface area (TPSA) is 85.7 Å². The van der Waals surface area contributed by atoms with Crippen LogP contribution in [0.3, 0.4) is 0 Å². The van der Waals surface area contributed by atoms with Crippen molar-refractivity contribution >= 4 is 11.8 Å². The highest BCUT2D eigenvalue weighted by Gasteiger charge is 2.47. The van der Waals surface area contributed by atoms with Crippen molar-refractivity contribution in [2.75, 3.05) is 13.7 Å². The molecule has 28 heavy (non-hydrogen) atoms. The summed E-state index contributed by atoms with van der Waals surface area (Å²) in [5, 5.41) is 7.03. The molecule has 4 rings (SSSR count). The van der Waals surface area contributed by atoms with E-state index in [0.29, 0.717) is 6.54 Å². The van der Waals surface area contributed by atoms with Crippen molar-refractivity contribution in [3.8, 4) is 5.75 Å². The van der Waals surface area contributed by atoms with Gasteiger partial charge in [0, 0.05) is 31.4 Å². The van der Waals surface area contributed by atoms with Crippen molar-refractivity contribution in [1.29, 1.82) is 0 Å². The van der Waals surface area contributed by atoms with Crippen LogP contribution in [0.4, 0.5) is 0 Å². The Kier molecular flexibility index (Phi) is 5.04. The van der Waals surface area contributed by atoms with Gasteiger partial charge in [-0.25, -0.2) is 0 Å². The van der Waals surface area contributed by atoms with Crippen LogP contribution in [0, 0.1) is 0 Å². The van der Waals surface area contributed by atoms with Crippen LogP contribution >= 0.6 is 0 Å². The van der Waals surface area contributed by atoms with E-state index in [1.807, 2.05) is 42.4 Å². The van der Waals surface area contributed by atoms with Gasteiger partial charge in [-0.2, -0.15) is 5.10 Å². The number of aromatic nitrogens is 2. The van der Waals surface area contributed by atoms with Crippen LogP contribution in [0.15, 0.2) is 36.7 Å². The summed E-state index contributed by atoms with van der Waals surface area (Å²) in [6.07, 6.45) is 4.72. The number of benzene rings is 1. The molecule has 2 atom stereocenters. The normalized spacial score (nSPS) is 22.2. The summed E-state index contributed by atoms with van der Waals surface area (Å²) in [6.45, 7) is 0.285. The summed E-state index contributed by atoms with van der Waals surface area (Å²) >= 11 is 0. The first-order valence-electron chi connectivity index (χ1n) is 9.39. The van der Waals surface area contributed by atoms with Crippen molar-refractivity contribution in [3.63, 3.8) is 0 Å². The Labute approximate surface area is 163 Å². The zero-order valence-electron chi connectivity index (χ0n) is 16.0. The van der Waals surface area contributed by atoms with E-state index in [4.69, 9.17) is 9.47 Å². The lowest BCUT2D eigenvalue weighted by atomic mass is 9.96. The molecule has 148 valence electrons. The lowest BCUT2D eigenvalue weighted by Gasteiger charge is -2.40. The van der Waals surface area contributed by atoms with Crippen LogP contribution < -0.4 is 10.1 Å². The maximum Gasteiger partial charge on any atom is 0.251 e. The second kappa shape index (κ2) is 7.63. The monoisotopic (exact) mass is 384 g/mol. The van der Waals surface area contributed by atoms with Crippen LogP contribution in [-0.4, -0.2) is 52.4 Å². The van der Waals surface area contributed by atoms with Crippen LogP contribution in [0.1, 0.15) is 30.0 Å². The quantitative estimate of drug-likeness (QED) is 0.808. The highest BCUT2D eigenvalue weighted by Crippen LogP contribution is 2.39. The van der Waals surface area contributed by atoms with Gasteiger partial charge in [0.2, 0.25) is 5.91 Å². The molecule has 2 fully saturated rings. The first kappa shape index (κ1) is 18.5. The SMILES string of the molecule is COc1ccc([C@@H]2[C@@H](C(=O)NCc3cnn(C)c3)OCC(=O)N2C2CC2)cc1. The van der Waals surface area contributed by atoms with Crippen molar-refractivity contribution in [2.24, 2.45) is 7.05 Å². The molecule has 1 aromatic heterocycles. The minimum absolute atomic E-state index is 0.0698. The van der Waals surface area contributed by atoms with Crippen LogP contribution in [-0.2, 0) is 27.9 Å². The fourth-order valence-corrected chi connectivity index (χ4v) is 3.62. The van der Waals surface area contributed by atoms with Crippen LogP contribution in [0.25, 0.3) is 0 Å². The molecule has 0 unspecified atom stereocenters. The van der Waals surface area contributed by atoms with E-state index < -0.39 is 12.1 Å². The van der Waals surface area contributed by atoms with Gasteiger partial charge in [-0.3, -0.25) is 14.3 Å². The second-order valence-corrected chi connectivity index (χ2v) is 7.22. The Morgan fingerprint density at radius 1 is 1.32 bits per heavy atom. The third kappa shape index (κ3) is 3.73. The van der Waals surface area contributed by atoms with E-state index in [2.05, 4.69) is 10.4 Å². The van der Waals surface area contributed by atoms with Gasteiger partial charge >= 0.3 is 0 Å². The summed E-state index contributed by atoms with van der Waals surface area (Å²) in [6, 6.07) is 7.18. The highest BCUT2D eigenvalue weighted by molar-refractivity contribution is 5.86. The smallest absolute Gasteiger partial charge is 0.251 e. The molecule has 8 heteroatoms. The highest BCUT2D eigenvalue weighted by atomic mass is 16.5. The first-order chi connectivity index (χ1) is 13.6. The third-order valence-electron chi connectivity index (χ3n) is 5.14. The maximum absolute atomic E-state index is 13.0. The van der Waals surface area contributed by atoms with E-state index >= 15 is 0 Å². The number of ether oxygens (including phenoxy) is 2. The minimum Gasteiger partial charge on any atom is -0.497 e. The summed E-state index contributed by atoms with van der Waals surface area (Å²) in [4.78, 5) is 27.4.